The number of carbonyl (C=O) groups excluding carboxylic acids is 2. The van der Waals surface area contributed by atoms with Crippen molar-refractivity contribution in [1.29, 1.82) is 0 Å². The molecule has 1 N–H and O–H groups in total. The number of likely N-dealkylation sites (tertiary alicyclic amines) is 1. The topological polar surface area (TPSA) is 81.0 Å². The summed E-state index contributed by atoms with van der Waals surface area (Å²) >= 11 is 0. The Morgan fingerprint density at radius 2 is 2.00 bits per heavy atom. The van der Waals surface area contributed by atoms with Gasteiger partial charge in [0.2, 0.25) is 0 Å². The van der Waals surface area contributed by atoms with E-state index in [1.807, 2.05) is 18.2 Å². The largest absolute Gasteiger partial charge is 0.484 e. The number of benzene rings is 1. The smallest absolute Gasteiger partial charge is 0.409 e. The first-order valence-corrected chi connectivity index (χ1v) is 9.93. The second kappa shape index (κ2) is 8.12. The van der Waals surface area contributed by atoms with Crippen molar-refractivity contribution in [3.05, 3.63) is 29.5 Å². The zero-order chi connectivity index (χ0) is 19.5. The summed E-state index contributed by atoms with van der Waals surface area (Å²) in [5.41, 5.74) is 2.18. The average Bonchev–Trinajstić information content (AvgIpc) is 3.10. The Morgan fingerprint density at radius 3 is 2.79 bits per heavy atom. The van der Waals surface area contributed by atoms with Gasteiger partial charge < -0.3 is 24.1 Å². The van der Waals surface area contributed by atoms with Crippen LogP contribution in [0.3, 0.4) is 0 Å². The summed E-state index contributed by atoms with van der Waals surface area (Å²) in [5.74, 6) is 1.62. The second-order valence-corrected chi connectivity index (χ2v) is 7.46. The number of aryl methyl sites for hydroxylation is 2. The van der Waals surface area contributed by atoms with Crippen LogP contribution in [0.5, 0.6) is 5.75 Å². The molecule has 1 aromatic carbocycles. The van der Waals surface area contributed by atoms with E-state index in [9.17, 15) is 9.59 Å². The van der Waals surface area contributed by atoms with E-state index in [0.717, 1.165) is 29.6 Å². The van der Waals surface area contributed by atoms with Crippen LogP contribution < -0.4 is 10.1 Å². The van der Waals surface area contributed by atoms with Gasteiger partial charge in [-0.3, -0.25) is 4.79 Å². The molecule has 0 spiro atoms. The number of carbonyl (C=O) groups is 2. The van der Waals surface area contributed by atoms with Crippen molar-refractivity contribution in [2.75, 3.05) is 26.8 Å². The van der Waals surface area contributed by atoms with Crippen LogP contribution in [0.1, 0.15) is 37.0 Å². The first kappa shape index (κ1) is 18.7. The number of fused-ring (bicyclic) bond motifs is 3. The predicted octanol–water partition coefficient (Wildman–Crippen LogP) is 3.04. The maximum Gasteiger partial charge on any atom is 0.409 e. The van der Waals surface area contributed by atoms with Crippen LogP contribution >= 0.6 is 0 Å². The molecule has 0 atom stereocenters. The lowest BCUT2D eigenvalue weighted by molar-refractivity contribution is -0.124. The normalized spacial score (nSPS) is 17.2. The molecule has 0 bridgehead atoms. The van der Waals surface area contributed by atoms with Crippen LogP contribution in [0.2, 0.25) is 0 Å². The molecule has 1 aliphatic heterocycles. The molecule has 0 saturated carbocycles. The quantitative estimate of drug-likeness (QED) is 0.874. The van der Waals surface area contributed by atoms with E-state index in [0.29, 0.717) is 31.7 Å². The zero-order valence-corrected chi connectivity index (χ0v) is 16.2. The van der Waals surface area contributed by atoms with Crippen molar-refractivity contribution in [3.63, 3.8) is 0 Å². The van der Waals surface area contributed by atoms with Gasteiger partial charge in [-0.15, -0.1) is 0 Å². The van der Waals surface area contributed by atoms with Crippen LogP contribution in [0.25, 0.3) is 11.0 Å². The first-order valence-electron chi connectivity index (χ1n) is 9.93. The molecule has 7 heteroatoms. The Morgan fingerprint density at radius 1 is 1.21 bits per heavy atom. The lowest BCUT2D eigenvalue weighted by Crippen LogP contribution is -2.47. The third kappa shape index (κ3) is 3.93. The van der Waals surface area contributed by atoms with E-state index in [-0.39, 0.29) is 24.6 Å². The third-order valence-corrected chi connectivity index (χ3v) is 5.59. The number of methoxy groups -OCH3 is 1. The van der Waals surface area contributed by atoms with Gasteiger partial charge in [0.05, 0.1) is 7.11 Å². The SMILES string of the molecule is COC(=O)N1CCC(NC(=O)COc2ccc3oc4c(c3c2)CCCC4)CC1. The van der Waals surface area contributed by atoms with Gasteiger partial charge in [-0.1, -0.05) is 0 Å². The summed E-state index contributed by atoms with van der Waals surface area (Å²) in [6, 6.07) is 5.80. The number of ether oxygens (including phenoxy) is 2. The average molecular weight is 386 g/mol. The highest BCUT2D eigenvalue weighted by molar-refractivity contribution is 5.84. The third-order valence-electron chi connectivity index (χ3n) is 5.59. The molecule has 2 heterocycles. The molecule has 2 amide bonds. The molecular weight excluding hydrogens is 360 g/mol. The van der Waals surface area contributed by atoms with Crippen LogP contribution in [0, 0.1) is 0 Å². The van der Waals surface area contributed by atoms with Crippen molar-refractivity contribution >= 4 is 23.0 Å². The van der Waals surface area contributed by atoms with Gasteiger partial charge in [0, 0.05) is 36.5 Å². The fourth-order valence-corrected chi connectivity index (χ4v) is 4.09. The minimum atomic E-state index is -0.315. The monoisotopic (exact) mass is 386 g/mol. The molecule has 0 unspecified atom stereocenters. The number of hydrogen-bond acceptors (Lipinski definition) is 5. The summed E-state index contributed by atoms with van der Waals surface area (Å²) in [7, 11) is 1.38. The Kier molecular flexibility index (Phi) is 5.41. The molecule has 1 fully saturated rings. The number of nitrogens with one attached hydrogen (secondary N) is 1. The molecule has 7 nitrogen and oxygen atoms in total. The van der Waals surface area contributed by atoms with Gasteiger partial charge in [-0.2, -0.15) is 0 Å². The predicted molar refractivity (Wildman–Crippen MR) is 103 cm³/mol. The van der Waals surface area contributed by atoms with Crippen molar-refractivity contribution in [3.8, 4) is 5.75 Å². The van der Waals surface area contributed by atoms with Crippen molar-refractivity contribution in [1.82, 2.24) is 10.2 Å². The summed E-state index contributed by atoms with van der Waals surface area (Å²) in [5, 5.41) is 4.09. The van der Waals surface area contributed by atoms with Gasteiger partial charge >= 0.3 is 6.09 Å². The van der Waals surface area contributed by atoms with Crippen molar-refractivity contribution < 1.29 is 23.5 Å². The van der Waals surface area contributed by atoms with Crippen molar-refractivity contribution in [2.45, 2.75) is 44.6 Å². The molecule has 150 valence electrons. The highest BCUT2D eigenvalue weighted by Crippen LogP contribution is 2.33. The van der Waals surface area contributed by atoms with E-state index in [1.165, 1.54) is 25.5 Å². The Hall–Kier alpha value is -2.70. The maximum atomic E-state index is 12.2. The van der Waals surface area contributed by atoms with E-state index >= 15 is 0 Å². The van der Waals surface area contributed by atoms with Gasteiger partial charge in [-0.05, 0) is 50.3 Å². The van der Waals surface area contributed by atoms with Crippen LogP contribution in [0.15, 0.2) is 22.6 Å². The number of rotatable bonds is 4. The minimum Gasteiger partial charge on any atom is -0.484 e. The highest BCUT2D eigenvalue weighted by atomic mass is 16.5. The minimum absolute atomic E-state index is 0.0250. The second-order valence-electron chi connectivity index (χ2n) is 7.46. The number of hydrogen-bond donors (Lipinski definition) is 1. The Bertz CT molecular complexity index is 867. The van der Waals surface area contributed by atoms with Crippen molar-refractivity contribution in [2.24, 2.45) is 0 Å². The van der Waals surface area contributed by atoms with Gasteiger partial charge in [0.1, 0.15) is 17.1 Å². The molecule has 4 rings (SSSR count). The molecule has 28 heavy (non-hydrogen) atoms. The fourth-order valence-electron chi connectivity index (χ4n) is 4.09. The number of piperidine rings is 1. The van der Waals surface area contributed by atoms with E-state index in [2.05, 4.69) is 5.32 Å². The molecule has 2 aliphatic rings. The van der Waals surface area contributed by atoms with E-state index in [1.54, 1.807) is 4.90 Å². The van der Waals surface area contributed by atoms with E-state index in [4.69, 9.17) is 13.9 Å². The number of nitrogens with zero attached hydrogens (tertiary/aromatic N) is 1. The molecule has 1 aromatic heterocycles. The van der Waals surface area contributed by atoms with Crippen LogP contribution in [-0.2, 0) is 22.4 Å². The zero-order valence-electron chi connectivity index (χ0n) is 16.2. The molecule has 1 saturated heterocycles. The number of amides is 2. The van der Waals surface area contributed by atoms with Gasteiger partial charge in [0.25, 0.3) is 5.91 Å². The summed E-state index contributed by atoms with van der Waals surface area (Å²) in [6.45, 7) is 1.14. The van der Waals surface area contributed by atoms with Crippen LogP contribution in [0.4, 0.5) is 4.79 Å². The Balaban J connectivity index is 1.30. The summed E-state index contributed by atoms with van der Waals surface area (Å²) < 4.78 is 16.4. The fraction of sp³-hybridized carbons (Fsp3) is 0.524. The molecule has 0 radical (unpaired) electrons. The standard InChI is InChI=1S/C21H26N2O5/c1-26-21(25)23-10-8-14(9-11-23)22-20(24)13-27-15-6-7-19-17(12-15)16-4-2-3-5-18(16)28-19/h6-7,12,14H,2-5,8-11,13H2,1H3,(H,22,24). The molecule has 1 aliphatic carbocycles. The van der Waals surface area contributed by atoms with Gasteiger partial charge in [0.15, 0.2) is 6.61 Å². The van der Waals surface area contributed by atoms with Crippen LogP contribution in [-0.4, -0.2) is 49.7 Å². The summed E-state index contributed by atoms with van der Waals surface area (Å²) in [6.07, 6.45) is 5.51. The molecular formula is C21H26N2O5. The maximum absolute atomic E-state index is 12.2. The lowest BCUT2D eigenvalue weighted by atomic mass is 9.96. The first-order chi connectivity index (χ1) is 13.6. The lowest BCUT2D eigenvalue weighted by Gasteiger charge is -2.31. The van der Waals surface area contributed by atoms with Gasteiger partial charge in [-0.25, -0.2) is 4.79 Å². The highest BCUT2D eigenvalue weighted by Gasteiger charge is 2.24. The van der Waals surface area contributed by atoms with E-state index < -0.39 is 0 Å². The molecule has 2 aromatic rings. The Labute approximate surface area is 163 Å². The number of furan rings is 1. The summed E-state index contributed by atoms with van der Waals surface area (Å²) in [4.78, 5) is 25.4.